The van der Waals surface area contributed by atoms with Crippen LogP contribution in [0.1, 0.15) is 25.5 Å². The Hall–Kier alpha value is -3.35. The number of rotatable bonds is 6. The SMILES string of the molecule is CC(C)(/C=C/C(=O)O)[C@@H](OC(=O)Nc1ccccc1)c1ccc(O)c(F)c1. The Morgan fingerprint density at radius 3 is 2.44 bits per heavy atom. The molecule has 3 N–H and O–H groups in total. The smallest absolute Gasteiger partial charge is 0.412 e. The van der Waals surface area contributed by atoms with E-state index in [1.165, 1.54) is 12.1 Å². The number of aliphatic carboxylic acids is 1. The Kier molecular flexibility index (Phi) is 6.18. The summed E-state index contributed by atoms with van der Waals surface area (Å²) in [5.74, 6) is -2.57. The molecule has 0 bridgehead atoms. The molecule has 0 saturated carbocycles. The Bertz CT molecular complexity index is 849. The van der Waals surface area contributed by atoms with Crippen molar-refractivity contribution in [1.82, 2.24) is 0 Å². The number of benzene rings is 2. The van der Waals surface area contributed by atoms with E-state index in [1.54, 1.807) is 44.2 Å². The first-order valence-corrected chi connectivity index (χ1v) is 8.12. The van der Waals surface area contributed by atoms with E-state index in [1.807, 2.05) is 0 Å². The molecular weight excluding hydrogens is 353 g/mol. The lowest BCUT2D eigenvalue weighted by molar-refractivity contribution is -0.131. The number of hydrogen-bond donors (Lipinski definition) is 3. The molecule has 142 valence electrons. The monoisotopic (exact) mass is 373 g/mol. The van der Waals surface area contributed by atoms with Crippen molar-refractivity contribution in [1.29, 1.82) is 0 Å². The summed E-state index contributed by atoms with van der Waals surface area (Å²) in [6.07, 6.45) is 0.506. The zero-order valence-corrected chi connectivity index (χ0v) is 14.8. The third-order valence-electron chi connectivity index (χ3n) is 3.85. The van der Waals surface area contributed by atoms with Gasteiger partial charge < -0.3 is 14.9 Å². The highest BCUT2D eigenvalue weighted by molar-refractivity contribution is 5.84. The summed E-state index contributed by atoms with van der Waals surface area (Å²) in [6.45, 7) is 3.30. The molecule has 6 nitrogen and oxygen atoms in total. The fourth-order valence-corrected chi connectivity index (χ4v) is 2.49. The first kappa shape index (κ1) is 20.0. The van der Waals surface area contributed by atoms with Crippen LogP contribution in [-0.4, -0.2) is 22.3 Å². The number of carbonyl (C=O) groups is 2. The fourth-order valence-electron chi connectivity index (χ4n) is 2.49. The molecule has 0 spiro atoms. The summed E-state index contributed by atoms with van der Waals surface area (Å²) in [6, 6.07) is 12.2. The molecule has 7 heteroatoms. The number of para-hydroxylation sites is 1. The zero-order chi connectivity index (χ0) is 20.0. The predicted molar refractivity (Wildman–Crippen MR) is 97.9 cm³/mol. The van der Waals surface area contributed by atoms with E-state index in [0.717, 1.165) is 18.2 Å². The maximum Gasteiger partial charge on any atom is 0.412 e. The molecule has 0 aliphatic rings. The third-order valence-corrected chi connectivity index (χ3v) is 3.85. The molecular formula is C20H20FNO5. The summed E-state index contributed by atoms with van der Waals surface area (Å²) in [7, 11) is 0. The molecule has 0 aliphatic heterocycles. The Morgan fingerprint density at radius 2 is 1.85 bits per heavy atom. The van der Waals surface area contributed by atoms with Gasteiger partial charge in [-0.15, -0.1) is 0 Å². The van der Waals surface area contributed by atoms with Crippen LogP contribution in [0.2, 0.25) is 0 Å². The molecule has 0 saturated heterocycles. The largest absolute Gasteiger partial charge is 0.505 e. The van der Waals surface area contributed by atoms with E-state index in [4.69, 9.17) is 9.84 Å². The average molecular weight is 373 g/mol. The lowest BCUT2D eigenvalue weighted by atomic mass is 9.82. The number of carboxylic acids is 1. The van der Waals surface area contributed by atoms with E-state index in [2.05, 4.69) is 5.32 Å². The average Bonchev–Trinajstić information content (AvgIpc) is 2.61. The topological polar surface area (TPSA) is 95.9 Å². The number of phenols is 1. The van der Waals surface area contributed by atoms with Gasteiger partial charge in [-0.3, -0.25) is 5.32 Å². The van der Waals surface area contributed by atoms with Gasteiger partial charge in [0.2, 0.25) is 0 Å². The van der Waals surface area contributed by atoms with Crippen LogP contribution < -0.4 is 5.32 Å². The van der Waals surface area contributed by atoms with Gasteiger partial charge in [-0.1, -0.05) is 44.2 Å². The Morgan fingerprint density at radius 1 is 1.19 bits per heavy atom. The minimum Gasteiger partial charge on any atom is -0.505 e. The maximum absolute atomic E-state index is 13.8. The van der Waals surface area contributed by atoms with Crippen molar-refractivity contribution in [2.24, 2.45) is 5.41 Å². The number of amides is 1. The van der Waals surface area contributed by atoms with Crippen LogP contribution in [0.4, 0.5) is 14.9 Å². The van der Waals surface area contributed by atoms with Crippen molar-refractivity contribution in [2.45, 2.75) is 20.0 Å². The minimum atomic E-state index is -1.16. The number of carbonyl (C=O) groups excluding carboxylic acids is 1. The van der Waals surface area contributed by atoms with E-state index in [-0.39, 0.29) is 5.56 Å². The summed E-state index contributed by atoms with van der Waals surface area (Å²) >= 11 is 0. The molecule has 0 aliphatic carbocycles. The highest BCUT2D eigenvalue weighted by atomic mass is 19.1. The fraction of sp³-hybridized carbons (Fsp3) is 0.200. The van der Waals surface area contributed by atoms with Crippen LogP contribution in [-0.2, 0) is 9.53 Å². The Labute approximate surface area is 155 Å². The Balaban J connectivity index is 2.32. The molecule has 0 radical (unpaired) electrons. The van der Waals surface area contributed by atoms with Gasteiger partial charge in [0, 0.05) is 17.2 Å². The molecule has 0 fully saturated rings. The lowest BCUT2D eigenvalue weighted by Crippen LogP contribution is -2.28. The van der Waals surface area contributed by atoms with Gasteiger partial charge in [-0.05, 0) is 29.8 Å². The van der Waals surface area contributed by atoms with Crippen molar-refractivity contribution < 1.29 is 28.9 Å². The van der Waals surface area contributed by atoms with Crippen molar-refractivity contribution in [2.75, 3.05) is 5.32 Å². The summed E-state index contributed by atoms with van der Waals surface area (Å²) in [5.41, 5.74) is -0.193. The zero-order valence-electron chi connectivity index (χ0n) is 14.8. The number of phenolic OH excluding ortho intramolecular Hbond substituents is 1. The van der Waals surface area contributed by atoms with Gasteiger partial charge in [0.25, 0.3) is 0 Å². The molecule has 2 aromatic rings. The molecule has 1 atom stereocenters. The predicted octanol–water partition coefficient (Wildman–Crippen LogP) is 4.49. The van der Waals surface area contributed by atoms with Crippen LogP contribution >= 0.6 is 0 Å². The van der Waals surface area contributed by atoms with Crippen LogP contribution in [0.25, 0.3) is 0 Å². The number of carboxylic acid groups (broad SMARTS) is 1. The van der Waals surface area contributed by atoms with Crippen molar-refractivity contribution >= 4 is 17.7 Å². The molecule has 0 heterocycles. The number of hydrogen-bond acceptors (Lipinski definition) is 4. The molecule has 1 amide bonds. The van der Waals surface area contributed by atoms with Crippen molar-refractivity contribution in [3.8, 4) is 5.75 Å². The second-order valence-electron chi connectivity index (χ2n) is 6.48. The molecule has 2 rings (SSSR count). The summed E-state index contributed by atoms with van der Waals surface area (Å²) in [5, 5.41) is 20.8. The van der Waals surface area contributed by atoms with Gasteiger partial charge in [0.1, 0.15) is 6.10 Å². The minimum absolute atomic E-state index is 0.272. The molecule has 0 unspecified atom stereocenters. The van der Waals surface area contributed by atoms with E-state index in [9.17, 15) is 19.1 Å². The first-order chi connectivity index (χ1) is 12.7. The van der Waals surface area contributed by atoms with Gasteiger partial charge in [-0.2, -0.15) is 0 Å². The van der Waals surface area contributed by atoms with Gasteiger partial charge in [-0.25, -0.2) is 14.0 Å². The standard InChI is InChI=1S/C20H20FNO5/c1-20(2,11-10-17(24)25)18(13-8-9-16(23)15(21)12-13)27-19(26)22-14-6-4-3-5-7-14/h3-12,18,23H,1-2H3,(H,22,26)(H,24,25)/b11-10+/t18-/m0/s1. The summed E-state index contributed by atoms with van der Waals surface area (Å²) < 4.78 is 19.3. The number of aromatic hydroxyl groups is 1. The van der Waals surface area contributed by atoms with Crippen LogP contribution in [0, 0.1) is 11.2 Å². The van der Waals surface area contributed by atoms with Gasteiger partial charge in [0.15, 0.2) is 11.6 Å². The van der Waals surface area contributed by atoms with E-state index in [0.29, 0.717) is 5.69 Å². The molecule has 2 aromatic carbocycles. The molecule has 27 heavy (non-hydrogen) atoms. The lowest BCUT2D eigenvalue weighted by Gasteiger charge is -2.31. The number of anilines is 1. The van der Waals surface area contributed by atoms with Crippen molar-refractivity contribution in [3.05, 3.63) is 72.1 Å². The highest BCUT2D eigenvalue weighted by Crippen LogP contribution is 2.39. The summed E-state index contributed by atoms with van der Waals surface area (Å²) in [4.78, 5) is 23.2. The van der Waals surface area contributed by atoms with E-state index >= 15 is 0 Å². The van der Waals surface area contributed by atoms with Crippen LogP contribution in [0.15, 0.2) is 60.7 Å². The van der Waals surface area contributed by atoms with E-state index < -0.39 is 35.1 Å². The van der Waals surface area contributed by atoms with Crippen molar-refractivity contribution in [3.63, 3.8) is 0 Å². The normalized spacial score (nSPS) is 12.6. The second kappa shape index (κ2) is 8.35. The number of nitrogens with one attached hydrogen (secondary N) is 1. The third kappa shape index (κ3) is 5.57. The van der Waals surface area contributed by atoms with Crippen LogP contribution in [0.5, 0.6) is 5.75 Å². The highest BCUT2D eigenvalue weighted by Gasteiger charge is 2.33. The number of ether oxygens (including phenoxy) is 1. The van der Waals surface area contributed by atoms with Gasteiger partial charge in [0.05, 0.1) is 0 Å². The maximum atomic E-state index is 13.8. The first-order valence-electron chi connectivity index (χ1n) is 8.12. The van der Waals surface area contributed by atoms with Crippen LogP contribution in [0.3, 0.4) is 0 Å². The quantitative estimate of drug-likeness (QED) is 0.649. The number of halogens is 1. The molecule has 0 aromatic heterocycles. The second-order valence-corrected chi connectivity index (χ2v) is 6.48. The van der Waals surface area contributed by atoms with Gasteiger partial charge >= 0.3 is 12.1 Å².